The Kier molecular flexibility index (Phi) is 5.16. The number of alkyl halides is 1. The van der Waals surface area contributed by atoms with Crippen molar-refractivity contribution < 1.29 is 28.7 Å². The van der Waals surface area contributed by atoms with Crippen molar-refractivity contribution in [2.45, 2.75) is 50.9 Å². The van der Waals surface area contributed by atoms with Gasteiger partial charge < -0.3 is 21.1 Å². The molecule has 3 atom stereocenters. The number of nitrogens with zero attached hydrogens (tertiary/aromatic N) is 2. The van der Waals surface area contributed by atoms with E-state index >= 15 is 0 Å². The van der Waals surface area contributed by atoms with Crippen molar-refractivity contribution in [3.63, 3.8) is 0 Å². The van der Waals surface area contributed by atoms with Gasteiger partial charge in [-0.3, -0.25) is 19.3 Å². The second-order valence-electron chi connectivity index (χ2n) is 7.71. The first-order valence-electron chi connectivity index (χ1n) is 8.41. The second-order valence-corrected chi connectivity index (χ2v) is 7.71. The minimum absolute atomic E-state index is 0.0397. The van der Waals surface area contributed by atoms with Crippen LogP contribution in [0, 0.1) is 5.41 Å². The highest BCUT2D eigenvalue weighted by molar-refractivity contribution is 5.94. The monoisotopic (exact) mass is 372 g/mol. The van der Waals surface area contributed by atoms with Crippen LogP contribution in [0.5, 0.6) is 0 Å². The highest BCUT2D eigenvalue weighted by atomic mass is 19.1. The van der Waals surface area contributed by atoms with Crippen LogP contribution in [0.15, 0.2) is 0 Å². The Hall–Kier alpha value is -2.39. The molecule has 2 aliphatic rings. The molecule has 0 aromatic heterocycles. The van der Waals surface area contributed by atoms with E-state index < -0.39 is 41.1 Å². The van der Waals surface area contributed by atoms with Gasteiger partial charge in [0, 0.05) is 26.6 Å². The number of carbonyl (C=O) groups is 4. The Bertz CT molecular complexity index is 635. The smallest absolute Gasteiger partial charge is 0.407 e. The summed E-state index contributed by atoms with van der Waals surface area (Å²) in [7, 11) is 1.17. The standard InChI is InChI=1S/C16H25FN4O5/c1-15(2,17)6-10(20(3)14(25)26)12(23)21-8-16(4-5-19-13(16)24)7-9(21)11(18)22/h9-10H,4-8H2,1-3H3,(H2,18,22)(H,19,24)(H,25,26)/t9-,10?,16-/m0/s1. The van der Waals surface area contributed by atoms with E-state index in [0.717, 1.165) is 9.80 Å². The summed E-state index contributed by atoms with van der Waals surface area (Å²) in [5, 5.41) is 11.9. The number of hydrogen-bond donors (Lipinski definition) is 3. The predicted molar refractivity (Wildman–Crippen MR) is 88.8 cm³/mol. The van der Waals surface area contributed by atoms with Crippen molar-refractivity contribution in [1.29, 1.82) is 0 Å². The van der Waals surface area contributed by atoms with Gasteiger partial charge in [-0.15, -0.1) is 0 Å². The summed E-state index contributed by atoms with van der Waals surface area (Å²) in [6.07, 6.45) is -1.23. The fourth-order valence-corrected chi connectivity index (χ4v) is 3.70. The quantitative estimate of drug-likeness (QED) is 0.609. The lowest BCUT2D eigenvalue weighted by molar-refractivity contribution is -0.142. The van der Waals surface area contributed by atoms with E-state index in [9.17, 15) is 28.7 Å². The maximum Gasteiger partial charge on any atom is 0.407 e. The van der Waals surface area contributed by atoms with Gasteiger partial charge in [0.25, 0.3) is 0 Å². The fourth-order valence-electron chi connectivity index (χ4n) is 3.70. The zero-order chi connectivity index (χ0) is 19.9. The molecule has 9 nitrogen and oxygen atoms in total. The van der Waals surface area contributed by atoms with Crippen LogP contribution >= 0.6 is 0 Å². The summed E-state index contributed by atoms with van der Waals surface area (Å²) in [5.41, 5.74) is 2.70. The summed E-state index contributed by atoms with van der Waals surface area (Å²) in [4.78, 5) is 50.3. The van der Waals surface area contributed by atoms with Crippen molar-refractivity contribution in [1.82, 2.24) is 15.1 Å². The molecular formula is C16H25FN4O5. The van der Waals surface area contributed by atoms with Crippen LogP contribution in [0.2, 0.25) is 0 Å². The Balaban J connectivity index is 2.34. The van der Waals surface area contributed by atoms with Gasteiger partial charge in [-0.2, -0.15) is 0 Å². The Morgan fingerprint density at radius 3 is 2.54 bits per heavy atom. The first-order valence-corrected chi connectivity index (χ1v) is 8.41. The first-order chi connectivity index (χ1) is 11.9. The molecule has 2 heterocycles. The van der Waals surface area contributed by atoms with E-state index in [-0.39, 0.29) is 25.3 Å². The number of carbonyl (C=O) groups excluding carboxylic acids is 3. The highest BCUT2D eigenvalue weighted by Gasteiger charge is 2.55. The van der Waals surface area contributed by atoms with Crippen molar-refractivity contribution in [3.8, 4) is 0 Å². The lowest BCUT2D eigenvalue weighted by Gasteiger charge is -2.33. The van der Waals surface area contributed by atoms with Gasteiger partial charge in [0.2, 0.25) is 17.7 Å². The number of nitrogens with two attached hydrogens (primary N) is 1. The normalized spacial score (nSPS) is 26.7. The molecule has 0 bridgehead atoms. The maximum atomic E-state index is 14.2. The summed E-state index contributed by atoms with van der Waals surface area (Å²) in [6.45, 7) is 2.87. The number of nitrogens with one attached hydrogen (secondary N) is 1. The molecule has 1 unspecified atom stereocenters. The summed E-state index contributed by atoms with van der Waals surface area (Å²) < 4.78 is 14.2. The molecule has 0 saturated carbocycles. The van der Waals surface area contributed by atoms with Crippen molar-refractivity contribution in [2.24, 2.45) is 11.1 Å². The van der Waals surface area contributed by atoms with Gasteiger partial charge in [-0.05, 0) is 26.7 Å². The second kappa shape index (κ2) is 6.73. The summed E-state index contributed by atoms with van der Waals surface area (Å²) in [6, 6.07) is -2.35. The zero-order valence-corrected chi connectivity index (χ0v) is 15.1. The Labute approximate surface area is 150 Å². The lowest BCUT2D eigenvalue weighted by atomic mass is 9.84. The molecule has 0 aromatic rings. The fraction of sp³-hybridized carbons (Fsp3) is 0.750. The summed E-state index contributed by atoms with van der Waals surface area (Å²) >= 11 is 0. The predicted octanol–water partition coefficient (Wildman–Crippen LogP) is -0.304. The molecule has 2 rings (SSSR count). The number of likely N-dealkylation sites (tertiary alicyclic amines) is 1. The van der Waals surface area contributed by atoms with E-state index in [1.807, 2.05) is 0 Å². The van der Waals surface area contributed by atoms with Crippen molar-refractivity contribution >= 4 is 23.8 Å². The van der Waals surface area contributed by atoms with Gasteiger partial charge in [0.15, 0.2) is 0 Å². The van der Waals surface area contributed by atoms with Gasteiger partial charge in [0.05, 0.1) is 5.41 Å². The SMILES string of the molecule is CN(C(=O)O)C(CC(C)(C)F)C(=O)N1C[C@]2(CCNC2=O)C[C@H]1C(N)=O. The van der Waals surface area contributed by atoms with Crippen LogP contribution in [-0.4, -0.2) is 76.6 Å². The Morgan fingerprint density at radius 2 is 2.12 bits per heavy atom. The number of halogens is 1. The van der Waals surface area contributed by atoms with Crippen LogP contribution in [-0.2, 0) is 14.4 Å². The van der Waals surface area contributed by atoms with Crippen molar-refractivity contribution in [2.75, 3.05) is 20.1 Å². The molecule has 2 aliphatic heterocycles. The molecule has 2 saturated heterocycles. The number of likely N-dealkylation sites (N-methyl/N-ethyl adjacent to an activating group) is 1. The average Bonchev–Trinajstić information content (AvgIpc) is 3.07. The molecule has 1 spiro atoms. The third-order valence-corrected chi connectivity index (χ3v) is 5.15. The molecule has 4 N–H and O–H groups in total. The molecule has 146 valence electrons. The number of amides is 4. The van der Waals surface area contributed by atoms with Crippen LogP contribution in [0.3, 0.4) is 0 Å². The first kappa shape index (κ1) is 19.9. The van der Waals surface area contributed by atoms with Gasteiger partial charge >= 0.3 is 6.09 Å². The Morgan fingerprint density at radius 1 is 1.50 bits per heavy atom. The molecule has 4 amide bonds. The largest absolute Gasteiger partial charge is 0.465 e. The number of primary amides is 1. The lowest BCUT2D eigenvalue weighted by Crippen LogP contribution is -2.54. The summed E-state index contributed by atoms with van der Waals surface area (Å²) in [5.74, 6) is -1.75. The number of rotatable bonds is 5. The molecule has 10 heteroatoms. The van der Waals surface area contributed by atoms with Gasteiger partial charge in [0.1, 0.15) is 17.8 Å². The number of carboxylic acid groups (broad SMARTS) is 1. The van der Waals surface area contributed by atoms with Crippen LogP contribution < -0.4 is 11.1 Å². The zero-order valence-electron chi connectivity index (χ0n) is 15.1. The average molecular weight is 372 g/mol. The van der Waals surface area contributed by atoms with Crippen LogP contribution in [0.4, 0.5) is 9.18 Å². The van der Waals surface area contributed by atoms with Crippen LogP contribution in [0.1, 0.15) is 33.1 Å². The van der Waals surface area contributed by atoms with Gasteiger partial charge in [-0.25, -0.2) is 9.18 Å². The maximum absolute atomic E-state index is 14.2. The van der Waals surface area contributed by atoms with E-state index in [4.69, 9.17) is 5.73 Å². The minimum Gasteiger partial charge on any atom is -0.465 e. The molecule has 0 aromatic carbocycles. The van der Waals surface area contributed by atoms with E-state index in [2.05, 4.69) is 5.32 Å². The van der Waals surface area contributed by atoms with E-state index in [1.165, 1.54) is 20.9 Å². The highest BCUT2D eigenvalue weighted by Crippen LogP contribution is 2.41. The molecule has 2 fully saturated rings. The molecule has 26 heavy (non-hydrogen) atoms. The van der Waals surface area contributed by atoms with E-state index in [0.29, 0.717) is 13.0 Å². The third-order valence-electron chi connectivity index (χ3n) is 5.15. The van der Waals surface area contributed by atoms with Crippen molar-refractivity contribution in [3.05, 3.63) is 0 Å². The number of hydrogen-bond acceptors (Lipinski definition) is 4. The minimum atomic E-state index is -1.81. The molecular weight excluding hydrogens is 347 g/mol. The third kappa shape index (κ3) is 3.73. The molecule has 0 radical (unpaired) electrons. The molecule has 0 aliphatic carbocycles. The van der Waals surface area contributed by atoms with E-state index in [1.54, 1.807) is 0 Å². The van der Waals surface area contributed by atoms with Gasteiger partial charge in [-0.1, -0.05) is 0 Å². The van der Waals surface area contributed by atoms with Crippen LogP contribution in [0.25, 0.3) is 0 Å². The topological polar surface area (TPSA) is 133 Å².